The molecule has 0 unspecified atom stereocenters. The zero-order chi connectivity index (χ0) is 10.3. The van der Waals surface area contributed by atoms with E-state index < -0.39 is 5.41 Å². The van der Waals surface area contributed by atoms with Gasteiger partial charge in [0.1, 0.15) is 0 Å². The minimum atomic E-state index is -0.467. The molecule has 0 atom stereocenters. The number of rotatable bonds is 7. The summed E-state index contributed by atoms with van der Waals surface area (Å²) < 4.78 is 0. The highest BCUT2D eigenvalue weighted by Gasteiger charge is 2.24. The van der Waals surface area contributed by atoms with Crippen LogP contribution in [0.15, 0.2) is 0 Å². The van der Waals surface area contributed by atoms with Crippen molar-refractivity contribution in [1.29, 1.82) is 0 Å². The monoisotopic (exact) mass is 191 g/mol. The van der Waals surface area contributed by atoms with E-state index in [1.165, 1.54) is 0 Å². The zero-order valence-electron chi connectivity index (χ0n) is 8.53. The molecule has 13 heavy (non-hydrogen) atoms. The Balaban J connectivity index is 4.02. The molecule has 0 spiro atoms. The normalized spacial score (nSPS) is 12.5. The minimum Gasteiger partial charge on any atom is -0.396 e. The van der Waals surface area contributed by atoms with Gasteiger partial charge in [-0.1, -0.05) is 13.8 Å². The Morgan fingerprint density at radius 2 is 1.69 bits per heavy atom. The van der Waals surface area contributed by atoms with E-state index in [1.807, 2.05) is 18.7 Å². The summed E-state index contributed by atoms with van der Waals surface area (Å²) in [7, 11) is 0. The Bertz CT molecular complexity index is 126. The molecule has 0 radical (unpaired) electrons. The number of nitrogens with zero attached hydrogens (tertiary/aromatic N) is 1. The van der Waals surface area contributed by atoms with Crippen LogP contribution in [-0.2, 0) is 0 Å². The molecule has 0 aliphatic carbocycles. The van der Waals surface area contributed by atoms with E-state index >= 15 is 0 Å². The van der Waals surface area contributed by atoms with Crippen molar-refractivity contribution in [2.24, 2.45) is 5.41 Å². The van der Waals surface area contributed by atoms with Crippen LogP contribution < -0.4 is 0 Å². The SMILES string of the molecule is CCN(CCO)CC(C)(CO)CO. The molecule has 0 saturated carbocycles. The summed E-state index contributed by atoms with van der Waals surface area (Å²) in [6.45, 7) is 5.87. The second kappa shape index (κ2) is 6.32. The molecule has 0 aliphatic rings. The largest absolute Gasteiger partial charge is 0.396 e. The molecule has 0 bridgehead atoms. The first kappa shape index (κ1) is 12.8. The lowest BCUT2D eigenvalue weighted by Gasteiger charge is -2.31. The zero-order valence-corrected chi connectivity index (χ0v) is 8.53. The number of aliphatic hydroxyl groups excluding tert-OH is 3. The third-order valence-electron chi connectivity index (χ3n) is 2.23. The van der Waals surface area contributed by atoms with Crippen LogP contribution >= 0.6 is 0 Å². The first-order valence-electron chi connectivity index (χ1n) is 4.67. The molecule has 0 saturated heterocycles. The highest BCUT2D eigenvalue weighted by molar-refractivity contribution is 4.76. The van der Waals surface area contributed by atoms with E-state index in [0.717, 1.165) is 6.54 Å². The Morgan fingerprint density at radius 3 is 2.00 bits per heavy atom. The fourth-order valence-corrected chi connectivity index (χ4v) is 1.18. The smallest absolute Gasteiger partial charge is 0.0558 e. The molecule has 4 heteroatoms. The number of aliphatic hydroxyl groups is 3. The maximum atomic E-state index is 9.05. The van der Waals surface area contributed by atoms with Crippen LogP contribution in [0.1, 0.15) is 13.8 Å². The van der Waals surface area contributed by atoms with Gasteiger partial charge in [-0.2, -0.15) is 0 Å². The maximum absolute atomic E-state index is 9.05. The molecular weight excluding hydrogens is 170 g/mol. The Morgan fingerprint density at radius 1 is 1.15 bits per heavy atom. The summed E-state index contributed by atoms with van der Waals surface area (Å²) in [6.07, 6.45) is 0. The predicted octanol–water partition coefficient (Wildman–Crippen LogP) is -0.708. The fourth-order valence-electron chi connectivity index (χ4n) is 1.18. The van der Waals surface area contributed by atoms with Gasteiger partial charge in [0, 0.05) is 18.5 Å². The molecule has 0 rings (SSSR count). The Labute approximate surface area is 79.8 Å². The summed E-state index contributed by atoms with van der Waals surface area (Å²) in [4.78, 5) is 2.01. The lowest BCUT2D eigenvalue weighted by molar-refractivity contribution is 0.0321. The van der Waals surface area contributed by atoms with Gasteiger partial charge in [-0.25, -0.2) is 0 Å². The first-order chi connectivity index (χ1) is 6.11. The number of hydrogen-bond acceptors (Lipinski definition) is 4. The molecule has 0 heterocycles. The van der Waals surface area contributed by atoms with E-state index in [1.54, 1.807) is 0 Å². The summed E-state index contributed by atoms with van der Waals surface area (Å²) in [6, 6.07) is 0. The van der Waals surface area contributed by atoms with Crippen molar-refractivity contribution in [1.82, 2.24) is 4.90 Å². The van der Waals surface area contributed by atoms with E-state index in [2.05, 4.69) is 0 Å². The Kier molecular flexibility index (Phi) is 6.24. The summed E-state index contributed by atoms with van der Waals surface area (Å²) in [5.74, 6) is 0. The quantitative estimate of drug-likeness (QED) is 0.497. The van der Waals surface area contributed by atoms with Gasteiger partial charge in [0.2, 0.25) is 0 Å². The molecule has 0 aromatic heterocycles. The molecule has 0 aliphatic heterocycles. The average molecular weight is 191 g/mol. The maximum Gasteiger partial charge on any atom is 0.0558 e. The molecule has 0 aromatic rings. The van der Waals surface area contributed by atoms with Gasteiger partial charge in [-0.15, -0.1) is 0 Å². The van der Waals surface area contributed by atoms with Crippen LogP contribution in [-0.4, -0.2) is 59.7 Å². The van der Waals surface area contributed by atoms with Crippen LogP contribution in [0, 0.1) is 5.41 Å². The summed E-state index contributed by atoms with van der Waals surface area (Å²) >= 11 is 0. The third kappa shape index (κ3) is 4.57. The van der Waals surface area contributed by atoms with Gasteiger partial charge in [0.15, 0.2) is 0 Å². The lowest BCUT2D eigenvalue weighted by atomic mass is 9.92. The first-order valence-corrected chi connectivity index (χ1v) is 4.67. The molecular formula is C9H21NO3. The minimum absolute atomic E-state index is 0.0363. The molecule has 0 aromatic carbocycles. The second-order valence-corrected chi connectivity index (χ2v) is 3.72. The van der Waals surface area contributed by atoms with Gasteiger partial charge in [-0.05, 0) is 6.54 Å². The fraction of sp³-hybridized carbons (Fsp3) is 1.00. The van der Waals surface area contributed by atoms with E-state index in [0.29, 0.717) is 13.1 Å². The van der Waals surface area contributed by atoms with Crippen LogP contribution in [0.2, 0.25) is 0 Å². The van der Waals surface area contributed by atoms with E-state index in [9.17, 15) is 0 Å². The predicted molar refractivity (Wildman–Crippen MR) is 51.5 cm³/mol. The third-order valence-corrected chi connectivity index (χ3v) is 2.23. The van der Waals surface area contributed by atoms with Gasteiger partial charge < -0.3 is 20.2 Å². The molecule has 80 valence electrons. The van der Waals surface area contributed by atoms with Crippen LogP contribution in [0.4, 0.5) is 0 Å². The summed E-state index contributed by atoms with van der Waals surface area (Å²) in [5.41, 5.74) is -0.467. The van der Waals surface area contributed by atoms with Gasteiger partial charge in [0.25, 0.3) is 0 Å². The Hall–Kier alpha value is -0.160. The van der Waals surface area contributed by atoms with Gasteiger partial charge in [-0.3, -0.25) is 0 Å². The molecule has 3 N–H and O–H groups in total. The van der Waals surface area contributed by atoms with Crippen LogP contribution in [0.3, 0.4) is 0 Å². The van der Waals surface area contributed by atoms with Crippen molar-refractivity contribution in [2.45, 2.75) is 13.8 Å². The lowest BCUT2D eigenvalue weighted by Crippen LogP contribution is -2.41. The van der Waals surface area contributed by atoms with Crippen molar-refractivity contribution < 1.29 is 15.3 Å². The van der Waals surface area contributed by atoms with Crippen molar-refractivity contribution in [2.75, 3.05) is 39.5 Å². The van der Waals surface area contributed by atoms with Gasteiger partial charge in [0.05, 0.1) is 19.8 Å². The molecule has 0 fully saturated rings. The van der Waals surface area contributed by atoms with E-state index in [4.69, 9.17) is 15.3 Å². The van der Waals surface area contributed by atoms with Crippen LogP contribution in [0.5, 0.6) is 0 Å². The number of likely N-dealkylation sites (N-methyl/N-ethyl adjacent to an activating group) is 1. The number of hydrogen-bond donors (Lipinski definition) is 3. The molecule has 0 amide bonds. The highest BCUT2D eigenvalue weighted by Crippen LogP contribution is 2.15. The summed E-state index contributed by atoms with van der Waals surface area (Å²) in [5, 5.41) is 26.8. The van der Waals surface area contributed by atoms with Crippen molar-refractivity contribution in [3.63, 3.8) is 0 Å². The highest BCUT2D eigenvalue weighted by atomic mass is 16.3. The van der Waals surface area contributed by atoms with Crippen molar-refractivity contribution >= 4 is 0 Å². The van der Waals surface area contributed by atoms with Crippen molar-refractivity contribution in [3.8, 4) is 0 Å². The topological polar surface area (TPSA) is 63.9 Å². The van der Waals surface area contributed by atoms with E-state index in [-0.39, 0.29) is 19.8 Å². The van der Waals surface area contributed by atoms with Gasteiger partial charge >= 0.3 is 0 Å². The van der Waals surface area contributed by atoms with Crippen molar-refractivity contribution in [3.05, 3.63) is 0 Å². The standard InChI is InChI=1S/C9H21NO3/c1-3-10(4-5-11)6-9(2,7-12)8-13/h11-13H,3-8H2,1-2H3. The average Bonchev–Trinajstić information content (AvgIpc) is 2.17. The van der Waals surface area contributed by atoms with Crippen LogP contribution in [0.25, 0.3) is 0 Å². The second-order valence-electron chi connectivity index (χ2n) is 3.72. The molecule has 4 nitrogen and oxygen atoms in total.